The lowest BCUT2D eigenvalue weighted by molar-refractivity contribution is 0.481. The first kappa shape index (κ1) is 13.8. The van der Waals surface area contributed by atoms with Crippen LogP contribution in [0.3, 0.4) is 0 Å². The Hall–Kier alpha value is -1.20. The molecule has 1 fully saturated rings. The maximum atomic E-state index is 4.78. The Balaban J connectivity index is 1.95. The van der Waals surface area contributed by atoms with Gasteiger partial charge in [0, 0.05) is 23.1 Å². The van der Waals surface area contributed by atoms with Gasteiger partial charge in [-0.05, 0) is 55.6 Å². The first-order chi connectivity index (χ1) is 9.74. The molecule has 3 rings (SSSR count). The molecule has 0 saturated carbocycles. The number of anilines is 1. The van der Waals surface area contributed by atoms with E-state index in [0.717, 1.165) is 22.7 Å². The maximum Gasteiger partial charge on any atom is 0.179 e. The smallest absolute Gasteiger partial charge is 0.179 e. The van der Waals surface area contributed by atoms with Crippen molar-refractivity contribution in [2.45, 2.75) is 39.2 Å². The van der Waals surface area contributed by atoms with Gasteiger partial charge in [-0.3, -0.25) is 0 Å². The lowest BCUT2D eigenvalue weighted by Crippen LogP contribution is -2.39. The van der Waals surface area contributed by atoms with Crippen molar-refractivity contribution in [1.29, 1.82) is 0 Å². The Morgan fingerprint density at radius 1 is 1.25 bits per heavy atom. The van der Waals surface area contributed by atoms with Crippen LogP contribution in [-0.2, 0) is 0 Å². The van der Waals surface area contributed by atoms with Gasteiger partial charge in [-0.2, -0.15) is 4.37 Å². The van der Waals surface area contributed by atoms with Crippen LogP contribution >= 0.6 is 20.9 Å². The van der Waals surface area contributed by atoms with Crippen LogP contribution in [0.2, 0.25) is 0 Å². The van der Waals surface area contributed by atoms with Crippen molar-refractivity contribution in [1.82, 2.24) is 4.37 Å². The molecule has 5 heteroatoms. The largest absolute Gasteiger partial charge is 0.351 e. The molecule has 1 aromatic carbocycles. The second-order valence-corrected chi connectivity index (χ2v) is 7.20. The summed E-state index contributed by atoms with van der Waals surface area (Å²) in [5.74, 6) is 1.08. The number of benzene rings is 1. The van der Waals surface area contributed by atoms with Crippen LogP contribution in [0.1, 0.15) is 31.7 Å². The van der Waals surface area contributed by atoms with E-state index in [1.807, 2.05) is 0 Å². The molecule has 3 nitrogen and oxygen atoms in total. The summed E-state index contributed by atoms with van der Waals surface area (Å²) in [5.41, 5.74) is 2.28. The lowest BCUT2D eigenvalue weighted by Gasteiger charge is -2.33. The second-order valence-electron chi connectivity index (χ2n) is 5.36. The van der Waals surface area contributed by atoms with E-state index in [2.05, 4.69) is 47.4 Å². The highest BCUT2D eigenvalue weighted by Gasteiger charge is 2.21. The van der Waals surface area contributed by atoms with Gasteiger partial charge in [0.25, 0.3) is 0 Å². The second kappa shape index (κ2) is 6.06. The SMILES string of the molecule is Cc1ccc(N=c2ssnc2N2CCCCC2C)cc1. The van der Waals surface area contributed by atoms with Crippen LogP contribution in [0.5, 0.6) is 0 Å². The molecule has 1 atom stereocenters. The van der Waals surface area contributed by atoms with Gasteiger partial charge in [-0.25, -0.2) is 4.99 Å². The predicted molar refractivity (Wildman–Crippen MR) is 87.1 cm³/mol. The van der Waals surface area contributed by atoms with E-state index in [1.54, 1.807) is 20.9 Å². The van der Waals surface area contributed by atoms with Gasteiger partial charge in [0.15, 0.2) is 10.5 Å². The Kier molecular flexibility index (Phi) is 4.17. The van der Waals surface area contributed by atoms with Crippen molar-refractivity contribution >= 4 is 32.4 Å². The third kappa shape index (κ3) is 2.94. The van der Waals surface area contributed by atoms with Crippen molar-refractivity contribution < 1.29 is 0 Å². The van der Waals surface area contributed by atoms with Crippen molar-refractivity contribution in [3.05, 3.63) is 34.5 Å². The fraction of sp³-hybridized carbons (Fsp3) is 0.467. The summed E-state index contributed by atoms with van der Waals surface area (Å²) in [6.07, 6.45) is 3.85. The summed E-state index contributed by atoms with van der Waals surface area (Å²) in [7, 11) is 3.21. The normalized spacial score (nSPS) is 20.4. The van der Waals surface area contributed by atoms with E-state index in [0.29, 0.717) is 6.04 Å². The minimum absolute atomic E-state index is 0.574. The number of aryl methyl sites for hydroxylation is 1. The standard InChI is InChI=1S/C15H19N3S2/c1-11-6-8-13(9-7-11)16-15-14(17-20-19-15)18-10-4-3-5-12(18)2/h6-9,12H,3-5,10H2,1-2H3. The van der Waals surface area contributed by atoms with Gasteiger partial charge in [0.2, 0.25) is 0 Å². The van der Waals surface area contributed by atoms with Gasteiger partial charge in [-0.15, -0.1) is 0 Å². The first-order valence-electron chi connectivity index (χ1n) is 7.08. The van der Waals surface area contributed by atoms with E-state index in [9.17, 15) is 0 Å². The summed E-state index contributed by atoms with van der Waals surface area (Å²) in [4.78, 5) is 7.20. The maximum absolute atomic E-state index is 4.78. The minimum atomic E-state index is 0.574. The van der Waals surface area contributed by atoms with E-state index in [1.165, 1.54) is 24.8 Å². The predicted octanol–water partition coefficient (Wildman–Crippen LogP) is 4.12. The van der Waals surface area contributed by atoms with Crippen LogP contribution in [-0.4, -0.2) is 17.0 Å². The van der Waals surface area contributed by atoms with Crippen molar-refractivity contribution in [3.63, 3.8) is 0 Å². The fourth-order valence-corrected chi connectivity index (χ4v) is 4.24. The van der Waals surface area contributed by atoms with Crippen LogP contribution in [0.25, 0.3) is 0 Å². The summed E-state index contributed by atoms with van der Waals surface area (Å²) in [6.45, 7) is 5.49. The lowest BCUT2D eigenvalue weighted by atomic mass is 10.0. The van der Waals surface area contributed by atoms with Crippen LogP contribution in [0.15, 0.2) is 29.3 Å². The number of rotatable bonds is 2. The summed E-state index contributed by atoms with van der Waals surface area (Å²) >= 11 is 0. The molecule has 1 aromatic heterocycles. The van der Waals surface area contributed by atoms with Crippen molar-refractivity contribution in [2.75, 3.05) is 11.4 Å². The topological polar surface area (TPSA) is 28.5 Å². The Morgan fingerprint density at radius 2 is 2.05 bits per heavy atom. The Morgan fingerprint density at radius 3 is 2.80 bits per heavy atom. The molecule has 1 aliphatic rings. The molecule has 0 aliphatic carbocycles. The van der Waals surface area contributed by atoms with Crippen LogP contribution in [0, 0.1) is 6.92 Å². The molecule has 0 N–H and O–H groups in total. The quantitative estimate of drug-likeness (QED) is 0.781. The van der Waals surface area contributed by atoms with Crippen LogP contribution < -0.4 is 9.57 Å². The average molecular weight is 305 g/mol. The first-order valence-corrected chi connectivity index (χ1v) is 9.19. The average Bonchev–Trinajstić information content (AvgIpc) is 2.90. The number of hydrogen-bond acceptors (Lipinski definition) is 5. The van der Waals surface area contributed by atoms with E-state index >= 15 is 0 Å². The van der Waals surface area contributed by atoms with E-state index in [4.69, 9.17) is 4.99 Å². The molecule has 0 spiro atoms. The van der Waals surface area contributed by atoms with Crippen molar-refractivity contribution in [2.24, 2.45) is 4.99 Å². The third-order valence-corrected chi connectivity index (χ3v) is 5.45. The van der Waals surface area contributed by atoms with Gasteiger partial charge < -0.3 is 4.90 Å². The zero-order valence-electron chi connectivity index (χ0n) is 11.9. The molecule has 0 bridgehead atoms. The molecule has 20 heavy (non-hydrogen) atoms. The van der Waals surface area contributed by atoms with Gasteiger partial charge >= 0.3 is 0 Å². The number of aromatic nitrogens is 1. The molecule has 0 radical (unpaired) electrons. The number of piperidine rings is 1. The molecule has 106 valence electrons. The molecule has 2 aromatic rings. The fourth-order valence-electron chi connectivity index (χ4n) is 2.56. The number of nitrogens with zero attached hydrogens (tertiary/aromatic N) is 3. The molecule has 2 heterocycles. The van der Waals surface area contributed by atoms with Gasteiger partial charge in [-0.1, -0.05) is 17.7 Å². The Bertz CT molecular complexity index is 627. The zero-order valence-corrected chi connectivity index (χ0v) is 13.5. The van der Waals surface area contributed by atoms with Crippen LogP contribution in [0.4, 0.5) is 11.5 Å². The van der Waals surface area contributed by atoms with Gasteiger partial charge in [0.1, 0.15) is 0 Å². The summed E-state index contributed by atoms with van der Waals surface area (Å²) in [5, 5.41) is 0. The van der Waals surface area contributed by atoms with E-state index < -0.39 is 0 Å². The molecule has 1 unspecified atom stereocenters. The van der Waals surface area contributed by atoms with E-state index in [-0.39, 0.29) is 0 Å². The molecule has 1 saturated heterocycles. The molecular weight excluding hydrogens is 286 g/mol. The summed E-state index contributed by atoms with van der Waals surface area (Å²) < 4.78 is 5.65. The third-order valence-electron chi connectivity index (χ3n) is 3.77. The monoisotopic (exact) mass is 305 g/mol. The summed E-state index contributed by atoms with van der Waals surface area (Å²) in [6, 6.07) is 8.93. The molecule has 0 amide bonds. The number of hydrogen-bond donors (Lipinski definition) is 0. The zero-order chi connectivity index (χ0) is 13.9. The highest BCUT2D eigenvalue weighted by Crippen LogP contribution is 2.23. The molecule has 1 aliphatic heterocycles. The highest BCUT2D eigenvalue weighted by atomic mass is 32.9. The molecular formula is C15H19N3S2. The Labute approximate surface area is 127 Å². The van der Waals surface area contributed by atoms with Crippen molar-refractivity contribution in [3.8, 4) is 0 Å². The van der Waals surface area contributed by atoms with Gasteiger partial charge in [0.05, 0.1) is 5.69 Å². The highest BCUT2D eigenvalue weighted by molar-refractivity contribution is 7.66. The minimum Gasteiger partial charge on any atom is -0.351 e.